The van der Waals surface area contributed by atoms with Gasteiger partial charge in [-0.2, -0.15) is 5.26 Å². The molecule has 0 amide bonds. The molecule has 0 fully saturated rings. The maximum absolute atomic E-state index is 13.3. The minimum atomic E-state index is -0.597. The molecule has 190 valence electrons. The van der Waals surface area contributed by atoms with Crippen LogP contribution in [0.1, 0.15) is 44.2 Å². The maximum atomic E-state index is 13.3. The minimum Gasteiger partial charge on any atom is -0.422 e. The summed E-state index contributed by atoms with van der Waals surface area (Å²) in [6, 6.07) is 12.8. The highest BCUT2D eigenvalue weighted by Crippen LogP contribution is 2.39. The third-order valence-corrected chi connectivity index (χ3v) is 8.26. The predicted molar refractivity (Wildman–Crippen MR) is 151 cm³/mol. The van der Waals surface area contributed by atoms with Crippen LogP contribution in [0.4, 0.5) is 11.4 Å². The van der Waals surface area contributed by atoms with Crippen molar-refractivity contribution < 1.29 is 9.34 Å². The van der Waals surface area contributed by atoms with Crippen LogP contribution in [0.3, 0.4) is 0 Å². The topological polar surface area (TPSA) is 113 Å². The van der Waals surface area contributed by atoms with Gasteiger partial charge in [-0.05, 0) is 44.2 Å². The number of aromatic nitrogens is 1. The molecule has 0 saturated heterocycles. The first kappa shape index (κ1) is 26.4. The summed E-state index contributed by atoms with van der Waals surface area (Å²) in [5.41, 5.74) is 1.25. The van der Waals surface area contributed by atoms with Gasteiger partial charge in [0, 0.05) is 35.5 Å². The van der Waals surface area contributed by atoms with Crippen molar-refractivity contribution in [3.8, 4) is 6.07 Å². The van der Waals surface area contributed by atoms with Crippen molar-refractivity contribution in [1.29, 1.82) is 5.26 Å². The second-order valence-electron chi connectivity index (χ2n) is 8.26. The zero-order chi connectivity index (χ0) is 26.5. The lowest BCUT2D eigenvalue weighted by atomic mass is 10.1. The molecule has 0 atom stereocenters. The first-order valence-electron chi connectivity index (χ1n) is 12.1. The number of para-hydroxylation sites is 1. The Balaban J connectivity index is 1.97. The predicted octanol–water partition coefficient (Wildman–Crippen LogP) is 7.11. The highest BCUT2D eigenvalue weighted by molar-refractivity contribution is 7.99. The molecule has 2 aromatic carbocycles. The Morgan fingerprint density at radius 2 is 2.03 bits per heavy atom. The number of nitrogens with zero attached hydrogens (tertiary/aromatic N) is 4. The largest absolute Gasteiger partial charge is 0.422 e. The summed E-state index contributed by atoms with van der Waals surface area (Å²) >= 11 is 2.81. The monoisotopic (exact) mass is 534 g/mol. The fourth-order valence-corrected chi connectivity index (χ4v) is 6.23. The molecular formula is C27H26N4O4S2. The van der Waals surface area contributed by atoms with Crippen molar-refractivity contribution in [2.45, 2.75) is 38.5 Å². The third kappa shape index (κ3) is 5.38. The zero-order valence-electron chi connectivity index (χ0n) is 20.8. The molecule has 4 rings (SSSR count). The summed E-state index contributed by atoms with van der Waals surface area (Å²) in [7, 11) is 0. The second kappa shape index (κ2) is 11.6. The van der Waals surface area contributed by atoms with Gasteiger partial charge in [-0.25, -0.2) is 9.78 Å². The van der Waals surface area contributed by atoms with Crippen LogP contribution in [0, 0.1) is 21.4 Å². The van der Waals surface area contributed by atoms with E-state index < -0.39 is 10.5 Å². The zero-order valence-corrected chi connectivity index (χ0v) is 22.4. The van der Waals surface area contributed by atoms with Gasteiger partial charge >= 0.3 is 5.63 Å². The van der Waals surface area contributed by atoms with Crippen LogP contribution in [0.25, 0.3) is 32.8 Å². The number of benzene rings is 2. The first-order chi connectivity index (χ1) is 17.9. The number of nitro benzene ring substituents is 1. The van der Waals surface area contributed by atoms with Gasteiger partial charge in [-0.15, -0.1) is 23.1 Å². The summed E-state index contributed by atoms with van der Waals surface area (Å²) in [6.07, 6.45) is 3.36. The van der Waals surface area contributed by atoms with E-state index in [9.17, 15) is 20.2 Å². The number of anilines is 1. The lowest BCUT2D eigenvalue weighted by Gasteiger charge is -2.21. The lowest BCUT2D eigenvalue weighted by Crippen LogP contribution is -2.23. The van der Waals surface area contributed by atoms with E-state index >= 15 is 0 Å². The van der Waals surface area contributed by atoms with Gasteiger partial charge in [0.05, 0.1) is 26.3 Å². The summed E-state index contributed by atoms with van der Waals surface area (Å²) < 4.78 is 6.64. The van der Waals surface area contributed by atoms with Gasteiger partial charge in [0.1, 0.15) is 22.3 Å². The number of rotatable bonds is 10. The van der Waals surface area contributed by atoms with E-state index in [1.807, 2.05) is 43.0 Å². The molecule has 4 aromatic rings. The number of thioether (sulfide) groups is 1. The second-order valence-corrected chi connectivity index (χ2v) is 10.4. The molecule has 0 aliphatic rings. The quantitative estimate of drug-likeness (QED) is 0.0528. The molecule has 0 bridgehead atoms. The molecule has 2 aromatic heterocycles. The molecule has 2 heterocycles. The fourth-order valence-electron chi connectivity index (χ4n) is 4.05. The van der Waals surface area contributed by atoms with Gasteiger partial charge in [0.15, 0.2) is 0 Å². The SMILES string of the molecule is CCCCSc1c(C=C(C#N)c2nc3ccccc3s2)c(=O)oc2cc(N(CC)CC)c([N+](=O)[O-])cc12. The molecule has 0 unspecified atom stereocenters. The van der Waals surface area contributed by atoms with E-state index in [1.54, 1.807) is 6.07 Å². The van der Waals surface area contributed by atoms with Crippen LogP contribution in [0.15, 0.2) is 50.5 Å². The van der Waals surface area contributed by atoms with E-state index in [0.29, 0.717) is 39.8 Å². The normalized spacial score (nSPS) is 11.7. The first-order valence-corrected chi connectivity index (χ1v) is 13.9. The molecule has 0 radical (unpaired) electrons. The molecule has 0 saturated carbocycles. The molecule has 37 heavy (non-hydrogen) atoms. The number of allylic oxidation sites excluding steroid dienone is 1. The van der Waals surface area contributed by atoms with Crippen LogP contribution in [0.5, 0.6) is 0 Å². The smallest absolute Gasteiger partial charge is 0.344 e. The van der Waals surface area contributed by atoms with E-state index in [2.05, 4.69) is 18.0 Å². The Labute approximate surface area is 222 Å². The minimum absolute atomic E-state index is 0.0519. The van der Waals surface area contributed by atoms with E-state index in [0.717, 1.165) is 23.1 Å². The van der Waals surface area contributed by atoms with Crippen molar-refractivity contribution in [2.24, 2.45) is 0 Å². The third-order valence-electron chi connectivity index (χ3n) is 5.97. The molecular weight excluding hydrogens is 508 g/mol. The van der Waals surface area contributed by atoms with Crippen molar-refractivity contribution in [2.75, 3.05) is 23.7 Å². The summed E-state index contributed by atoms with van der Waals surface area (Å²) in [6.45, 7) is 7.04. The fraction of sp³-hybridized carbons (Fsp3) is 0.296. The Hall–Kier alpha value is -3.68. The number of nitriles is 1. The van der Waals surface area contributed by atoms with Gasteiger partial charge in [-0.1, -0.05) is 25.5 Å². The number of thiazole rings is 1. The Morgan fingerprint density at radius 1 is 1.27 bits per heavy atom. The Kier molecular flexibility index (Phi) is 8.26. The standard InChI is InChI=1S/C27H26N4O4S2/c1-4-7-12-36-25-18-14-22(31(33)34)21(30(5-2)6-3)15-23(18)35-27(32)19(25)13-17(16-28)26-29-20-10-8-9-11-24(20)37-26/h8-11,13-15H,4-7,12H2,1-3H3. The van der Waals surface area contributed by atoms with E-state index in [4.69, 9.17) is 4.42 Å². The molecule has 0 aliphatic carbocycles. The average Bonchev–Trinajstić information content (AvgIpc) is 3.32. The lowest BCUT2D eigenvalue weighted by molar-refractivity contribution is -0.384. The molecule has 0 aliphatic heterocycles. The van der Waals surface area contributed by atoms with Crippen molar-refractivity contribution >= 4 is 67.3 Å². The summed E-state index contributed by atoms with van der Waals surface area (Å²) in [4.78, 5) is 31.9. The summed E-state index contributed by atoms with van der Waals surface area (Å²) in [5.74, 6) is 0.713. The number of hydrogen-bond acceptors (Lipinski definition) is 9. The van der Waals surface area contributed by atoms with Crippen LogP contribution in [-0.4, -0.2) is 28.7 Å². The average molecular weight is 535 g/mol. The van der Waals surface area contributed by atoms with Gasteiger partial charge in [0.2, 0.25) is 0 Å². The molecule has 10 heteroatoms. The van der Waals surface area contributed by atoms with Gasteiger partial charge in [-0.3, -0.25) is 10.1 Å². The van der Waals surface area contributed by atoms with E-state index in [-0.39, 0.29) is 22.4 Å². The van der Waals surface area contributed by atoms with E-state index in [1.165, 1.54) is 35.2 Å². The highest BCUT2D eigenvalue weighted by atomic mass is 32.2. The Morgan fingerprint density at radius 3 is 2.68 bits per heavy atom. The molecule has 8 nitrogen and oxygen atoms in total. The van der Waals surface area contributed by atoms with Gasteiger partial charge < -0.3 is 9.32 Å². The van der Waals surface area contributed by atoms with Crippen LogP contribution in [0.2, 0.25) is 0 Å². The number of fused-ring (bicyclic) bond motifs is 2. The number of hydrogen-bond donors (Lipinski definition) is 0. The van der Waals surface area contributed by atoms with Gasteiger partial charge in [0.25, 0.3) is 5.69 Å². The summed E-state index contributed by atoms with van der Waals surface area (Å²) in [5, 5.41) is 23.0. The van der Waals surface area contributed by atoms with Crippen LogP contribution >= 0.6 is 23.1 Å². The number of nitro groups is 1. The molecule has 0 N–H and O–H groups in total. The van der Waals surface area contributed by atoms with Crippen molar-refractivity contribution in [1.82, 2.24) is 4.98 Å². The molecule has 0 spiro atoms. The maximum Gasteiger partial charge on any atom is 0.344 e. The van der Waals surface area contributed by atoms with Crippen LogP contribution < -0.4 is 10.5 Å². The highest BCUT2D eigenvalue weighted by Gasteiger charge is 2.24. The Bertz CT molecular complexity index is 1560. The number of unbranched alkanes of at least 4 members (excludes halogenated alkanes) is 1. The van der Waals surface area contributed by atoms with Crippen molar-refractivity contribution in [3.63, 3.8) is 0 Å². The van der Waals surface area contributed by atoms with Crippen LogP contribution in [-0.2, 0) is 0 Å². The van der Waals surface area contributed by atoms with Crippen molar-refractivity contribution in [3.05, 3.63) is 67.5 Å².